The smallest absolute Gasteiger partial charge is 0.335 e. The van der Waals surface area contributed by atoms with Gasteiger partial charge in [0.15, 0.2) is 11.4 Å². The van der Waals surface area contributed by atoms with Gasteiger partial charge >= 0.3 is 11.9 Å². The molecule has 3 aromatic rings. The van der Waals surface area contributed by atoms with E-state index in [9.17, 15) is 14.4 Å². The van der Waals surface area contributed by atoms with Gasteiger partial charge in [0.25, 0.3) is 5.91 Å². The summed E-state index contributed by atoms with van der Waals surface area (Å²) >= 11 is 0. The molecule has 3 rings (SSSR count). The molecule has 0 saturated carbocycles. The number of fused-ring (bicyclic) bond motifs is 1. The summed E-state index contributed by atoms with van der Waals surface area (Å²) in [4.78, 5) is 39.5. The minimum absolute atomic E-state index is 0.0505. The van der Waals surface area contributed by atoms with E-state index in [0.29, 0.717) is 17.1 Å². The minimum atomic E-state index is -1.30. The molecule has 1 amide bonds. The third-order valence-electron chi connectivity index (χ3n) is 3.91. The third-order valence-corrected chi connectivity index (χ3v) is 3.91. The second-order valence-corrected chi connectivity index (χ2v) is 5.68. The van der Waals surface area contributed by atoms with Crippen molar-refractivity contribution >= 4 is 29.2 Å². The molecule has 0 aliphatic heterocycles. The summed E-state index contributed by atoms with van der Waals surface area (Å²) in [6.07, 6.45) is 1.64. The molecule has 0 fully saturated rings. The lowest BCUT2D eigenvalue weighted by molar-refractivity contribution is 0.0696. The first-order valence-corrected chi connectivity index (χ1v) is 7.76. The van der Waals surface area contributed by atoms with Crippen LogP contribution in [0.5, 0.6) is 5.75 Å². The zero-order chi connectivity index (χ0) is 19.7. The fourth-order valence-corrected chi connectivity index (χ4v) is 2.73. The number of carboxylic acids is 2. The molecule has 9 heteroatoms. The largest absolute Gasteiger partial charge is 0.493 e. The number of nitrogens with one attached hydrogen (secondary N) is 1. The Morgan fingerprint density at radius 2 is 1.74 bits per heavy atom. The number of methoxy groups -OCH3 is 1. The van der Waals surface area contributed by atoms with E-state index in [0.717, 1.165) is 6.07 Å². The number of aryl methyl sites for hydroxylation is 1. The number of aromatic carboxylic acids is 2. The van der Waals surface area contributed by atoms with Crippen LogP contribution >= 0.6 is 0 Å². The SMILES string of the molecule is COc1cccn2c(C(=O)Nc3cc(C(=O)O)cc(C(=O)O)c3)c(C)nc12. The van der Waals surface area contributed by atoms with Crippen molar-refractivity contribution in [2.75, 3.05) is 12.4 Å². The van der Waals surface area contributed by atoms with Crippen LogP contribution < -0.4 is 10.1 Å². The van der Waals surface area contributed by atoms with E-state index in [1.807, 2.05) is 0 Å². The lowest BCUT2D eigenvalue weighted by atomic mass is 10.1. The molecule has 3 N–H and O–H groups in total. The Morgan fingerprint density at radius 3 is 2.30 bits per heavy atom. The van der Waals surface area contributed by atoms with E-state index < -0.39 is 17.8 Å². The number of carboxylic acid groups (broad SMARTS) is 2. The molecule has 27 heavy (non-hydrogen) atoms. The molecule has 1 aromatic carbocycles. The van der Waals surface area contributed by atoms with Crippen LogP contribution in [0, 0.1) is 6.92 Å². The van der Waals surface area contributed by atoms with Crippen molar-refractivity contribution in [3.63, 3.8) is 0 Å². The van der Waals surface area contributed by atoms with Crippen molar-refractivity contribution < 1.29 is 29.3 Å². The number of hydrogen-bond donors (Lipinski definition) is 3. The van der Waals surface area contributed by atoms with Gasteiger partial charge in [0.2, 0.25) is 0 Å². The van der Waals surface area contributed by atoms with Crippen molar-refractivity contribution in [1.82, 2.24) is 9.38 Å². The van der Waals surface area contributed by atoms with Crippen LogP contribution in [0.2, 0.25) is 0 Å². The molecule has 2 aromatic heterocycles. The number of carbonyl (C=O) groups is 3. The van der Waals surface area contributed by atoms with E-state index >= 15 is 0 Å². The minimum Gasteiger partial charge on any atom is -0.493 e. The molecule has 0 spiro atoms. The lowest BCUT2D eigenvalue weighted by Gasteiger charge is -2.09. The molecule has 138 valence electrons. The molecule has 0 unspecified atom stereocenters. The van der Waals surface area contributed by atoms with Crippen molar-refractivity contribution in [2.24, 2.45) is 0 Å². The average Bonchev–Trinajstić information content (AvgIpc) is 2.97. The topological polar surface area (TPSA) is 130 Å². The van der Waals surface area contributed by atoms with Gasteiger partial charge in [-0.05, 0) is 37.3 Å². The molecule has 0 aliphatic rings. The van der Waals surface area contributed by atoms with E-state index in [2.05, 4.69) is 10.3 Å². The van der Waals surface area contributed by atoms with Crippen molar-refractivity contribution in [3.05, 3.63) is 59.0 Å². The molecule has 0 saturated heterocycles. The molecular formula is C18H15N3O6. The van der Waals surface area contributed by atoms with Gasteiger partial charge in [0, 0.05) is 11.9 Å². The van der Waals surface area contributed by atoms with E-state index in [1.54, 1.807) is 29.7 Å². The van der Waals surface area contributed by atoms with Gasteiger partial charge in [0.05, 0.1) is 23.9 Å². The predicted molar refractivity (Wildman–Crippen MR) is 94.8 cm³/mol. The Morgan fingerprint density at radius 1 is 1.11 bits per heavy atom. The fraction of sp³-hybridized carbons (Fsp3) is 0.111. The van der Waals surface area contributed by atoms with Crippen LogP contribution in [0.1, 0.15) is 36.9 Å². The van der Waals surface area contributed by atoms with Crippen LogP contribution in [0.15, 0.2) is 36.5 Å². The highest BCUT2D eigenvalue weighted by molar-refractivity contribution is 6.06. The third kappa shape index (κ3) is 3.30. The maximum atomic E-state index is 12.8. The van der Waals surface area contributed by atoms with Crippen LogP contribution in [0.25, 0.3) is 5.65 Å². The number of imidazole rings is 1. The van der Waals surface area contributed by atoms with Gasteiger partial charge in [0.1, 0.15) is 5.69 Å². The zero-order valence-corrected chi connectivity index (χ0v) is 14.4. The van der Waals surface area contributed by atoms with Crippen LogP contribution in [0.4, 0.5) is 5.69 Å². The number of hydrogen-bond acceptors (Lipinski definition) is 5. The molecule has 0 radical (unpaired) electrons. The Labute approximate surface area is 152 Å². The maximum absolute atomic E-state index is 12.8. The highest BCUT2D eigenvalue weighted by Crippen LogP contribution is 2.23. The van der Waals surface area contributed by atoms with Gasteiger partial charge < -0.3 is 20.3 Å². The standard InChI is InChI=1S/C18H15N3O6/c1-9-14(21-5-3-4-13(27-2)15(21)19-9)16(22)20-12-7-10(17(23)24)6-11(8-12)18(25)26/h3-8H,1-2H3,(H,20,22)(H,23,24)(H,25,26). The Kier molecular flexibility index (Phi) is 4.51. The Balaban J connectivity index is 2.04. The van der Waals surface area contributed by atoms with E-state index in [4.69, 9.17) is 14.9 Å². The summed E-state index contributed by atoms with van der Waals surface area (Å²) in [5.41, 5.74) is 0.664. The zero-order valence-electron chi connectivity index (χ0n) is 14.4. The van der Waals surface area contributed by atoms with Crippen molar-refractivity contribution in [2.45, 2.75) is 6.92 Å². The number of pyridine rings is 1. The number of aromatic nitrogens is 2. The van der Waals surface area contributed by atoms with Crippen LogP contribution in [-0.4, -0.2) is 44.6 Å². The summed E-state index contributed by atoms with van der Waals surface area (Å²) in [5, 5.41) is 20.8. The molecule has 9 nitrogen and oxygen atoms in total. The molecule has 0 bridgehead atoms. The summed E-state index contributed by atoms with van der Waals surface area (Å²) < 4.78 is 6.78. The first-order valence-electron chi connectivity index (χ1n) is 7.76. The van der Waals surface area contributed by atoms with Gasteiger partial charge in [-0.3, -0.25) is 9.20 Å². The van der Waals surface area contributed by atoms with Crippen molar-refractivity contribution in [1.29, 1.82) is 0 Å². The predicted octanol–water partition coefficient (Wildman–Crippen LogP) is 2.30. The summed E-state index contributed by atoms with van der Waals surface area (Å²) in [7, 11) is 1.49. The summed E-state index contributed by atoms with van der Waals surface area (Å²) in [6.45, 7) is 1.65. The Bertz CT molecular complexity index is 1050. The van der Waals surface area contributed by atoms with Gasteiger partial charge in [-0.2, -0.15) is 0 Å². The first kappa shape index (κ1) is 17.9. The highest BCUT2D eigenvalue weighted by atomic mass is 16.5. The van der Waals surface area contributed by atoms with Gasteiger partial charge in [-0.25, -0.2) is 14.6 Å². The van der Waals surface area contributed by atoms with Gasteiger partial charge in [-0.15, -0.1) is 0 Å². The highest BCUT2D eigenvalue weighted by Gasteiger charge is 2.20. The maximum Gasteiger partial charge on any atom is 0.335 e. The second-order valence-electron chi connectivity index (χ2n) is 5.68. The second kappa shape index (κ2) is 6.79. The normalized spacial score (nSPS) is 10.6. The number of nitrogens with zero attached hydrogens (tertiary/aromatic N) is 2. The molecule has 0 aliphatic carbocycles. The summed E-state index contributed by atoms with van der Waals surface area (Å²) in [6, 6.07) is 6.79. The van der Waals surface area contributed by atoms with Crippen LogP contribution in [-0.2, 0) is 0 Å². The van der Waals surface area contributed by atoms with Crippen molar-refractivity contribution in [3.8, 4) is 5.75 Å². The number of anilines is 1. The monoisotopic (exact) mass is 369 g/mol. The summed E-state index contributed by atoms with van der Waals surface area (Å²) in [5.74, 6) is -2.68. The lowest BCUT2D eigenvalue weighted by Crippen LogP contribution is -2.16. The molecular weight excluding hydrogens is 354 g/mol. The fourth-order valence-electron chi connectivity index (χ4n) is 2.73. The quantitative estimate of drug-likeness (QED) is 0.629. The number of rotatable bonds is 5. The number of carbonyl (C=O) groups excluding carboxylic acids is 1. The van der Waals surface area contributed by atoms with E-state index in [1.165, 1.54) is 19.2 Å². The van der Waals surface area contributed by atoms with Crippen LogP contribution in [0.3, 0.4) is 0 Å². The average molecular weight is 369 g/mol. The Hall–Kier alpha value is -3.88. The number of amides is 1. The van der Waals surface area contributed by atoms with Gasteiger partial charge in [-0.1, -0.05) is 0 Å². The van der Waals surface area contributed by atoms with E-state index in [-0.39, 0.29) is 22.5 Å². The molecule has 0 atom stereocenters. The number of benzene rings is 1. The first-order chi connectivity index (χ1) is 12.8. The number of ether oxygens (including phenoxy) is 1. The molecule has 2 heterocycles.